The van der Waals surface area contributed by atoms with Crippen molar-refractivity contribution in [3.8, 4) is 0 Å². The van der Waals surface area contributed by atoms with Gasteiger partial charge in [-0.05, 0) is 18.3 Å². The zero-order chi connectivity index (χ0) is 13.6. The summed E-state index contributed by atoms with van der Waals surface area (Å²) in [5.41, 5.74) is 1.59. The summed E-state index contributed by atoms with van der Waals surface area (Å²) >= 11 is 0. The van der Waals surface area contributed by atoms with Crippen LogP contribution in [0.25, 0.3) is 0 Å². The molecule has 0 aliphatic heterocycles. The largest absolute Gasteiger partial charge is 0 e. The molecule has 0 radical (unpaired) electrons. The summed E-state index contributed by atoms with van der Waals surface area (Å²) in [6.45, 7) is 20.3. The topological polar surface area (TPSA) is 59.7 Å². The molecule has 94 valence electrons. The Balaban J connectivity index is -0.000000106. The Labute approximate surface area is 114 Å². The third-order valence-corrected chi connectivity index (χ3v) is 2.51. The van der Waals surface area contributed by atoms with Crippen molar-refractivity contribution in [2.45, 2.75) is 27.2 Å². The molecule has 0 bridgehead atoms. The zero-order valence-corrected chi connectivity index (χ0v) is 11.3. The second kappa shape index (κ2) is 20.6. The molecule has 0 unspecified atom stereocenters. The van der Waals surface area contributed by atoms with Gasteiger partial charge in [0.15, 0.2) is 0 Å². The fourth-order valence-corrected chi connectivity index (χ4v) is 1.45. The van der Waals surface area contributed by atoms with Crippen LogP contribution in [0.4, 0.5) is 0 Å². The van der Waals surface area contributed by atoms with Crippen LogP contribution < -0.4 is 0 Å². The molecule has 17 heavy (non-hydrogen) atoms. The number of allylic oxidation sites excluding steroid dienone is 4. The molecule has 1 rings (SSSR count). The predicted molar refractivity (Wildman–Crippen MR) is 57.6 cm³/mol. The van der Waals surface area contributed by atoms with E-state index in [1.165, 1.54) is 6.42 Å². The Morgan fingerprint density at radius 3 is 1.76 bits per heavy atom. The van der Waals surface area contributed by atoms with Gasteiger partial charge in [0.1, 0.15) is 0 Å². The molecule has 0 aromatic rings. The van der Waals surface area contributed by atoms with Gasteiger partial charge < -0.3 is 0 Å². The first-order chi connectivity index (χ1) is 7.75. The SMILES string of the molecule is CCC1=CC=C[C@@H](C)[C@H]1C.[C-]#[O+].[C-]#[O+].[C-]#[O+].[Fe]. The van der Waals surface area contributed by atoms with Gasteiger partial charge in [-0.25, -0.2) is 0 Å². The normalized spacial score (nSPS) is 19.2. The Bertz CT molecular complexity index is 260. The minimum absolute atomic E-state index is 0. The molecular weight excluding hydrogens is 260 g/mol. The molecule has 1 aliphatic rings. The predicted octanol–water partition coefficient (Wildman–Crippen LogP) is 3.05. The van der Waals surface area contributed by atoms with Gasteiger partial charge in [-0.1, -0.05) is 44.6 Å². The molecule has 4 heteroatoms. The molecule has 2 atom stereocenters. The third-order valence-electron chi connectivity index (χ3n) is 2.51. The Kier molecular flexibility index (Phi) is 30.5. The molecule has 0 aromatic heterocycles. The van der Waals surface area contributed by atoms with Crippen LogP contribution in [0, 0.1) is 31.8 Å². The summed E-state index contributed by atoms with van der Waals surface area (Å²) in [5.74, 6) is 1.50. The summed E-state index contributed by atoms with van der Waals surface area (Å²) in [5, 5.41) is 0. The van der Waals surface area contributed by atoms with Gasteiger partial charge in [0.05, 0.1) is 0 Å². The van der Waals surface area contributed by atoms with Crippen molar-refractivity contribution in [1.29, 1.82) is 0 Å². The van der Waals surface area contributed by atoms with E-state index in [4.69, 9.17) is 14.0 Å². The van der Waals surface area contributed by atoms with Gasteiger partial charge in [0.25, 0.3) is 0 Å². The standard InChI is InChI=1S/C10H16.3CO.Fe/c1-4-10-7-5-6-8(2)9(10)3;3*1-2;/h5-9H,4H2,1-3H3;;;;/t8-,9-;;;;/m1..../s1. The quantitative estimate of drug-likeness (QED) is 0.401. The summed E-state index contributed by atoms with van der Waals surface area (Å²) in [6, 6.07) is 0. The molecule has 0 fully saturated rings. The summed E-state index contributed by atoms with van der Waals surface area (Å²) in [4.78, 5) is 0. The monoisotopic (exact) mass is 276 g/mol. The van der Waals surface area contributed by atoms with Crippen LogP contribution in [0.3, 0.4) is 0 Å². The van der Waals surface area contributed by atoms with E-state index < -0.39 is 0 Å². The molecule has 3 nitrogen and oxygen atoms in total. The van der Waals surface area contributed by atoms with Gasteiger partial charge in [-0.15, -0.1) is 0 Å². The molecule has 0 amide bonds. The van der Waals surface area contributed by atoms with Crippen LogP contribution in [-0.4, -0.2) is 0 Å². The van der Waals surface area contributed by atoms with Crippen molar-refractivity contribution < 1.29 is 31.0 Å². The number of rotatable bonds is 1. The minimum atomic E-state index is 0. The van der Waals surface area contributed by atoms with Crippen molar-refractivity contribution in [3.63, 3.8) is 0 Å². The third kappa shape index (κ3) is 11.5. The van der Waals surface area contributed by atoms with Gasteiger partial charge in [-0.2, -0.15) is 0 Å². The molecular formula is C13H16FeO3. The van der Waals surface area contributed by atoms with Crippen molar-refractivity contribution >= 4 is 0 Å². The maximum absolute atomic E-state index is 7.50. The molecule has 0 spiro atoms. The number of hydrogen-bond donors (Lipinski definition) is 0. The molecule has 0 saturated heterocycles. The maximum Gasteiger partial charge on any atom is 0 e. The van der Waals surface area contributed by atoms with Crippen LogP contribution >= 0.6 is 0 Å². The van der Waals surface area contributed by atoms with Gasteiger partial charge in [0.2, 0.25) is 0 Å². The van der Waals surface area contributed by atoms with Crippen LogP contribution in [-0.2, 0) is 31.0 Å². The first-order valence-corrected chi connectivity index (χ1v) is 4.74. The van der Waals surface area contributed by atoms with E-state index in [0.717, 1.165) is 11.8 Å². The Morgan fingerprint density at radius 1 is 1.06 bits per heavy atom. The van der Waals surface area contributed by atoms with E-state index in [2.05, 4.69) is 59.0 Å². The zero-order valence-electron chi connectivity index (χ0n) is 10.2. The van der Waals surface area contributed by atoms with Crippen LogP contribution in [0.15, 0.2) is 23.8 Å². The van der Waals surface area contributed by atoms with E-state index in [1.807, 2.05) is 0 Å². The van der Waals surface area contributed by atoms with Crippen molar-refractivity contribution in [2.24, 2.45) is 11.8 Å². The first kappa shape index (κ1) is 25.2. The van der Waals surface area contributed by atoms with E-state index in [9.17, 15) is 0 Å². The smallest absolute Gasteiger partial charge is 0 e. The van der Waals surface area contributed by atoms with Crippen molar-refractivity contribution in [1.82, 2.24) is 0 Å². The summed E-state index contributed by atoms with van der Waals surface area (Å²) in [7, 11) is 0. The van der Waals surface area contributed by atoms with Crippen molar-refractivity contribution in [3.05, 3.63) is 43.8 Å². The average Bonchev–Trinajstić information content (AvgIpc) is 2.40. The first-order valence-electron chi connectivity index (χ1n) is 4.74. The summed E-state index contributed by atoms with van der Waals surface area (Å²) < 4.78 is 22.5. The fourth-order valence-electron chi connectivity index (χ4n) is 1.45. The van der Waals surface area contributed by atoms with E-state index in [1.54, 1.807) is 5.57 Å². The average molecular weight is 276 g/mol. The maximum atomic E-state index is 7.50. The fraction of sp³-hybridized carbons (Fsp3) is 0.462. The van der Waals surface area contributed by atoms with E-state index in [-0.39, 0.29) is 17.1 Å². The number of hydrogen-bond acceptors (Lipinski definition) is 0. The minimum Gasteiger partial charge on any atom is 0 e. The van der Waals surface area contributed by atoms with Crippen LogP contribution in [0.5, 0.6) is 0 Å². The molecule has 1 aliphatic carbocycles. The second-order valence-corrected chi connectivity index (χ2v) is 3.13. The van der Waals surface area contributed by atoms with Crippen molar-refractivity contribution in [2.75, 3.05) is 0 Å². The van der Waals surface area contributed by atoms with E-state index in [0.29, 0.717) is 0 Å². The molecule has 0 heterocycles. The van der Waals surface area contributed by atoms with Crippen LogP contribution in [0.1, 0.15) is 27.2 Å². The molecule has 0 saturated carbocycles. The Morgan fingerprint density at radius 2 is 1.47 bits per heavy atom. The van der Waals surface area contributed by atoms with Crippen LogP contribution in [0.2, 0.25) is 0 Å². The van der Waals surface area contributed by atoms with E-state index >= 15 is 0 Å². The molecule has 0 aromatic carbocycles. The molecule has 0 N–H and O–H groups in total. The van der Waals surface area contributed by atoms with Gasteiger partial charge in [0, 0.05) is 17.1 Å². The Hall–Kier alpha value is -0.781. The second-order valence-electron chi connectivity index (χ2n) is 3.13. The van der Waals surface area contributed by atoms with Gasteiger partial charge >= 0.3 is 33.9 Å². The van der Waals surface area contributed by atoms with Gasteiger partial charge in [-0.3, -0.25) is 0 Å². The summed E-state index contributed by atoms with van der Waals surface area (Å²) in [6.07, 6.45) is 7.92.